The molecule has 1 aromatic carbocycles. The van der Waals surface area contributed by atoms with Crippen molar-refractivity contribution in [2.45, 2.75) is 32.0 Å². The lowest BCUT2D eigenvalue weighted by Gasteiger charge is -2.33. The van der Waals surface area contributed by atoms with E-state index in [0.29, 0.717) is 19.8 Å². The predicted octanol–water partition coefficient (Wildman–Crippen LogP) is 1.43. The van der Waals surface area contributed by atoms with Crippen LogP contribution in [0.2, 0.25) is 0 Å². The van der Waals surface area contributed by atoms with E-state index in [-0.39, 0.29) is 6.10 Å². The van der Waals surface area contributed by atoms with Gasteiger partial charge in [-0.1, -0.05) is 0 Å². The minimum absolute atomic E-state index is 0.00177. The van der Waals surface area contributed by atoms with E-state index in [0.717, 1.165) is 25.1 Å². The Kier molecular flexibility index (Phi) is 5.85. The Morgan fingerprint density at radius 2 is 2.19 bits per heavy atom. The van der Waals surface area contributed by atoms with Gasteiger partial charge in [0.05, 0.1) is 25.4 Å². The van der Waals surface area contributed by atoms with Crippen molar-refractivity contribution in [1.82, 2.24) is 0 Å². The third kappa shape index (κ3) is 4.59. The minimum Gasteiger partial charge on any atom is -0.399 e. The number of methoxy groups -OCH3 is 1. The van der Waals surface area contributed by atoms with E-state index in [1.807, 2.05) is 25.1 Å². The van der Waals surface area contributed by atoms with Crippen molar-refractivity contribution < 1.29 is 14.6 Å². The van der Waals surface area contributed by atoms with Crippen LogP contribution in [0, 0.1) is 0 Å². The van der Waals surface area contributed by atoms with Crippen LogP contribution in [-0.2, 0) is 15.9 Å². The number of aliphatic hydroxyl groups excluding tert-OH is 1. The SMILES string of the molecule is COCC(C)OCC(O)CN1CCCc2cc(N)ccc21. The second kappa shape index (κ2) is 7.64. The first-order valence-corrected chi connectivity index (χ1v) is 7.52. The highest BCUT2D eigenvalue weighted by Gasteiger charge is 2.20. The molecule has 2 atom stereocenters. The molecule has 0 radical (unpaired) electrons. The first kappa shape index (κ1) is 16.1. The van der Waals surface area contributed by atoms with Crippen LogP contribution in [0.1, 0.15) is 18.9 Å². The van der Waals surface area contributed by atoms with Crippen molar-refractivity contribution in [1.29, 1.82) is 0 Å². The van der Waals surface area contributed by atoms with Crippen LogP contribution in [0.5, 0.6) is 0 Å². The number of ether oxygens (including phenoxy) is 2. The monoisotopic (exact) mass is 294 g/mol. The molecule has 1 aliphatic heterocycles. The summed E-state index contributed by atoms with van der Waals surface area (Å²) in [4.78, 5) is 2.22. The van der Waals surface area contributed by atoms with Gasteiger partial charge in [0.1, 0.15) is 0 Å². The summed E-state index contributed by atoms with van der Waals surface area (Å²) in [5, 5.41) is 10.2. The van der Waals surface area contributed by atoms with Crippen LogP contribution in [0.25, 0.3) is 0 Å². The number of nitrogens with zero attached hydrogens (tertiary/aromatic N) is 1. The van der Waals surface area contributed by atoms with Gasteiger partial charge in [0, 0.05) is 31.6 Å². The summed E-state index contributed by atoms with van der Waals surface area (Å²) in [5.41, 5.74) is 9.08. The average Bonchev–Trinajstić information content (AvgIpc) is 2.45. The Morgan fingerprint density at radius 1 is 1.38 bits per heavy atom. The number of benzene rings is 1. The zero-order valence-electron chi connectivity index (χ0n) is 12.9. The molecule has 5 nitrogen and oxygen atoms in total. The summed E-state index contributed by atoms with van der Waals surface area (Å²) in [6.45, 7) is 4.34. The van der Waals surface area contributed by atoms with Crippen LogP contribution in [0.4, 0.5) is 11.4 Å². The molecule has 0 amide bonds. The summed E-state index contributed by atoms with van der Waals surface area (Å²) >= 11 is 0. The van der Waals surface area contributed by atoms with Crippen molar-refractivity contribution >= 4 is 11.4 Å². The van der Waals surface area contributed by atoms with Gasteiger partial charge in [0.15, 0.2) is 0 Å². The van der Waals surface area contributed by atoms with Crippen molar-refractivity contribution in [2.75, 3.05) is 44.0 Å². The molecule has 0 bridgehead atoms. The molecule has 1 heterocycles. The van der Waals surface area contributed by atoms with Gasteiger partial charge in [-0.25, -0.2) is 0 Å². The highest BCUT2D eigenvalue weighted by molar-refractivity contribution is 5.61. The zero-order valence-corrected chi connectivity index (χ0v) is 12.9. The first-order valence-electron chi connectivity index (χ1n) is 7.52. The Balaban J connectivity index is 1.89. The topological polar surface area (TPSA) is 68.0 Å². The lowest BCUT2D eigenvalue weighted by Crippen LogP contribution is -2.38. The molecule has 0 saturated carbocycles. The third-order valence-corrected chi connectivity index (χ3v) is 3.72. The number of aliphatic hydroxyl groups is 1. The Bertz CT molecular complexity index is 453. The summed E-state index contributed by atoms with van der Waals surface area (Å²) in [6, 6.07) is 6.00. The van der Waals surface area contributed by atoms with E-state index in [2.05, 4.69) is 4.90 Å². The molecule has 118 valence electrons. The number of fused-ring (bicyclic) bond motifs is 1. The maximum atomic E-state index is 10.2. The molecular formula is C16H26N2O3. The van der Waals surface area contributed by atoms with Crippen LogP contribution in [-0.4, -0.2) is 50.7 Å². The molecule has 0 fully saturated rings. The molecule has 0 aromatic heterocycles. The third-order valence-electron chi connectivity index (χ3n) is 3.72. The number of β-amino-alcohol motifs (C(OH)–C–C–N with tert-alkyl or cyclic N) is 1. The van der Waals surface area contributed by atoms with Gasteiger partial charge in [-0.3, -0.25) is 0 Å². The van der Waals surface area contributed by atoms with Crippen molar-refractivity contribution in [3.8, 4) is 0 Å². The number of hydrogen-bond acceptors (Lipinski definition) is 5. The molecular weight excluding hydrogens is 268 g/mol. The number of hydrogen-bond donors (Lipinski definition) is 2. The van der Waals surface area contributed by atoms with Gasteiger partial charge in [-0.05, 0) is 43.5 Å². The van der Waals surface area contributed by atoms with Crippen molar-refractivity contribution in [3.05, 3.63) is 23.8 Å². The average molecular weight is 294 g/mol. The number of aryl methyl sites for hydroxylation is 1. The molecule has 0 spiro atoms. The van der Waals surface area contributed by atoms with Gasteiger partial charge < -0.3 is 25.2 Å². The Labute approximate surface area is 126 Å². The Morgan fingerprint density at radius 3 is 2.95 bits per heavy atom. The first-order chi connectivity index (χ1) is 10.1. The molecule has 5 heteroatoms. The molecule has 0 aliphatic carbocycles. The number of anilines is 2. The Hall–Kier alpha value is -1.30. The number of nitrogens with two attached hydrogens (primary N) is 1. The standard InChI is InChI=1S/C16H26N2O3/c1-12(10-20-2)21-11-15(19)9-18-7-3-4-13-8-14(17)5-6-16(13)18/h5-6,8,12,15,19H,3-4,7,9-11,17H2,1-2H3. The molecule has 1 aliphatic rings. The largest absolute Gasteiger partial charge is 0.399 e. The lowest BCUT2D eigenvalue weighted by molar-refractivity contribution is -0.0296. The number of nitrogen functional groups attached to an aromatic ring is 1. The fraction of sp³-hybridized carbons (Fsp3) is 0.625. The fourth-order valence-corrected chi connectivity index (χ4v) is 2.75. The molecule has 0 saturated heterocycles. The second-order valence-corrected chi connectivity index (χ2v) is 5.69. The summed E-state index contributed by atoms with van der Waals surface area (Å²) in [7, 11) is 1.65. The van der Waals surface area contributed by atoms with E-state index >= 15 is 0 Å². The van der Waals surface area contributed by atoms with E-state index in [9.17, 15) is 5.11 Å². The molecule has 2 rings (SSSR count). The summed E-state index contributed by atoms with van der Waals surface area (Å²) in [5.74, 6) is 0. The fourth-order valence-electron chi connectivity index (χ4n) is 2.75. The lowest BCUT2D eigenvalue weighted by atomic mass is 10.0. The van der Waals surface area contributed by atoms with Crippen LogP contribution < -0.4 is 10.6 Å². The van der Waals surface area contributed by atoms with Gasteiger partial charge >= 0.3 is 0 Å². The normalized spacial score (nSPS) is 17.4. The smallest absolute Gasteiger partial charge is 0.0948 e. The zero-order chi connectivity index (χ0) is 15.2. The maximum Gasteiger partial charge on any atom is 0.0948 e. The van der Waals surface area contributed by atoms with Gasteiger partial charge in [-0.2, -0.15) is 0 Å². The van der Waals surface area contributed by atoms with Gasteiger partial charge in [-0.15, -0.1) is 0 Å². The van der Waals surface area contributed by atoms with Crippen LogP contribution in [0.3, 0.4) is 0 Å². The van der Waals surface area contributed by atoms with E-state index in [1.54, 1.807) is 7.11 Å². The van der Waals surface area contributed by atoms with E-state index < -0.39 is 6.10 Å². The minimum atomic E-state index is -0.507. The van der Waals surface area contributed by atoms with Crippen LogP contribution in [0.15, 0.2) is 18.2 Å². The highest BCUT2D eigenvalue weighted by Crippen LogP contribution is 2.28. The molecule has 2 unspecified atom stereocenters. The summed E-state index contributed by atoms with van der Waals surface area (Å²) in [6.07, 6.45) is 1.63. The van der Waals surface area contributed by atoms with Crippen molar-refractivity contribution in [3.63, 3.8) is 0 Å². The predicted molar refractivity (Wildman–Crippen MR) is 84.7 cm³/mol. The molecule has 1 aromatic rings. The van der Waals surface area contributed by atoms with E-state index in [4.69, 9.17) is 15.2 Å². The molecule has 3 N–H and O–H groups in total. The highest BCUT2D eigenvalue weighted by atomic mass is 16.5. The molecule has 21 heavy (non-hydrogen) atoms. The van der Waals surface area contributed by atoms with E-state index in [1.165, 1.54) is 11.3 Å². The van der Waals surface area contributed by atoms with Gasteiger partial charge in [0.25, 0.3) is 0 Å². The summed E-state index contributed by atoms with van der Waals surface area (Å²) < 4.78 is 10.6. The quantitative estimate of drug-likeness (QED) is 0.745. The maximum absolute atomic E-state index is 10.2. The van der Waals surface area contributed by atoms with Crippen molar-refractivity contribution in [2.24, 2.45) is 0 Å². The van der Waals surface area contributed by atoms with Gasteiger partial charge in [0.2, 0.25) is 0 Å². The number of rotatable bonds is 7. The van der Waals surface area contributed by atoms with Crippen LogP contribution >= 0.6 is 0 Å². The second-order valence-electron chi connectivity index (χ2n) is 5.69.